The first kappa shape index (κ1) is 15.0. The molecule has 0 saturated heterocycles. The van der Waals surface area contributed by atoms with Gasteiger partial charge in [0, 0.05) is 12.2 Å². The summed E-state index contributed by atoms with van der Waals surface area (Å²) in [6.07, 6.45) is 0. The van der Waals surface area contributed by atoms with Crippen molar-refractivity contribution in [2.24, 2.45) is 0 Å². The van der Waals surface area contributed by atoms with Crippen molar-refractivity contribution < 1.29 is 13.9 Å². The number of rotatable bonds is 5. The summed E-state index contributed by atoms with van der Waals surface area (Å²) >= 11 is 0. The van der Waals surface area contributed by atoms with Crippen LogP contribution in [0, 0.1) is 12.7 Å². The number of anilines is 1. The van der Waals surface area contributed by atoms with Crippen molar-refractivity contribution in [1.82, 2.24) is 0 Å². The van der Waals surface area contributed by atoms with Crippen molar-refractivity contribution in [3.8, 4) is 0 Å². The van der Waals surface area contributed by atoms with Crippen LogP contribution in [0.3, 0.4) is 0 Å². The zero-order valence-corrected chi connectivity index (χ0v) is 12.2. The molecule has 0 atom stereocenters. The molecule has 0 radical (unpaired) electrons. The molecule has 0 saturated carbocycles. The van der Waals surface area contributed by atoms with Crippen molar-refractivity contribution in [3.05, 3.63) is 65.0 Å². The predicted molar refractivity (Wildman–Crippen MR) is 80.9 cm³/mol. The molecule has 0 aliphatic rings. The first-order chi connectivity index (χ1) is 10.1. The second-order valence-corrected chi connectivity index (χ2v) is 4.70. The molecule has 110 valence electrons. The minimum Gasteiger partial charge on any atom is -0.462 e. The molecule has 0 amide bonds. The first-order valence-corrected chi connectivity index (χ1v) is 6.87. The third-order valence-corrected chi connectivity index (χ3v) is 3.13. The van der Waals surface area contributed by atoms with Crippen LogP contribution in [-0.4, -0.2) is 12.6 Å². The summed E-state index contributed by atoms with van der Waals surface area (Å²) in [6, 6.07) is 12.1. The molecule has 0 fully saturated rings. The molecular formula is C17H18FNO2. The highest BCUT2D eigenvalue weighted by molar-refractivity contribution is 5.95. The molecule has 0 aromatic heterocycles. The molecule has 0 bridgehead atoms. The van der Waals surface area contributed by atoms with Gasteiger partial charge in [-0.2, -0.15) is 0 Å². The van der Waals surface area contributed by atoms with Crippen LogP contribution >= 0.6 is 0 Å². The lowest BCUT2D eigenvalue weighted by Gasteiger charge is -2.11. The molecule has 3 nitrogen and oxygen atoms in total. The number of carbonyl (C=O) groups excluding carboxylic acids is 1. The van der Waals surface area contributed by atoms with Crippen LogP contribution in [0.25, 0.3) is 0 Å². The van der Waals surface area contributed by atoms with Gasteiger partial charge in [-0.15, -0.1) is 0 Å². The van der Waals surface area contributed by atoms with E-state index in [9.17, 15) is 9.18 Å². The lowest BCUT2D eigenvalue weighted by atomic mass is 10.1. The molecule has 1 N–H and O–H groups in total. The van der Waals surface area contributed by atoms with E-state index in [0.29, 0.717) is 30.0 Å². The van der Waals surface area contributed by atoms with E-state index < -0.39 is 0 Å². The van der Waals surface area contributed by atoms with Crippen molar-refractivity contribution in [3.63, 3.8) is 0 Å². The second kappa shape index (κ2) is 6.88. The Bertz CT molecular complexity index is 640. The lowest BCUT2D eigenvalue weighted by molar-refractivity contribution is 0.0527. The number of esters is 1. The quantitative estimate of drug-likeness (QED) is 0.847. The van der Waals surface area contributed by atoms with Gasteiger partial charge in [-0.1, -0.05) is 24.3 Å². The van der Waals surface area contributed by atoms with Gasteiger partial charge in [-0.3, -0.25) is 0 Å². The average Bonchev–Trinajstić information content (AvgIpc) is 2.49. The van der Waals surface area contributed by atoms with Gasteiger partial charge in [0.2, 0.25) is 0 Å². The molecule has 4 heteroatoms. The van der Waals surface area contributed by atoms with Crippen LogP contribution in [-0.2, 0) is 11.3 Å². The van der Waals surface area contributed by atoms with Gasteiger partial charge >= 0.3 is 5.97 Å². The van der Waals surface area contributed by atoms with E-state index in [1.165, 1.54) is 6.07 Å². The third kappa shape index (κ3) is 3.81. The number of halogens is 1. The number of para-hydroxylation sites is 1. The van der Waals surface area contributed by atoms with Crippen molar-refractivity contribution >= 4 is 11.7 Å². The van der Waals surface area contributed by atoms with Crippen LogP contribution in [0.1, 0.15) is 28.4 Å². The zero-order valence-electron chi connectivity index (χ0n) is 12.2. The van der Waals surface area contributed by atoms with Gasteiger partial charge in [-0.25, -0.2) is 9.18 Å². The van der Waals surface area contributed by atoms with Crippen LogP contribution in [0.15, 0.2) is 42.5 Å². The Morgan fingerprint density at radius 2 is 2.00 bits per heavy atom. The molecule has 0 aliphatic heterocycles. The van der Waals surface area contributed by atoms with E-state index in [1.54, 1.807) is 38.1 Å². The summed E-state index contributed by atoms with van der Waals surface area (Å²) in [4.78, 5) is 11.9. The van der Waals surface area contributed by atoms with Gasteiger partial charge in [0.15, 0.2) is 0 Å². The number of hydrogen-bond donors (Lipinski definition) is 1. The van der Waals surface area contributed by atoms with Gasteiger partial charge in [-0.05, 0) is 43.2 Å². The minimum atomic E-state index is -0.351. The van der Waals surface area contributed by atoms with Gasteiger partial charge in [0.05, 0.1) is 12.2 Å². The largest absolute Gasteiger partial charge is 0.462 e. The predicted octanol–water partition coefficient (Wildman–Crippen LogP) is 3.92. The van der Waals surface area contributed by atoms with Gasteiger partial charge < -0.3 is 10.1 Å². The maximum Gasteiger partial charge on any atom is 0.340 e. The fraction of sp³-hybridized carbons (Fsp3) is 0.235. The zero-order chi connectivity index (χ0) is 15.2. The number of nitrogens with one attached hydrogen (secondary N) is 1. The van der Waals surface area contributed by atoms with Crippen LogP contribution in [0.4, 0.5) is 10.1 Å². The lowest BCUT2D eigenvalue weighted by Crippen LogP contribution is -2.09. The van der Waals surface area contributed by atoms with Crippen LogP contribution in [0.5, 0.6) is 0 Å². The number of aryl methyl sites for hydroxylation is 1. The average molecular weight is 287 g/mol. The van der Waals surface area contributed by atoms with E-state index in [4.69, 9.17) is 4.74 Å². The third-order valence-electron chi connectivity index (χ3n) is 3.13. The molecule has 0 spiro atoms. The van der Waals surface area contributed by atoms with Crippen molar-refractivity contribution in [2.45, 2.75) is 20.4 Å². The molecule has 2 rings (SSSR count). The maximum atomic E-state index is 13.2. The van der Waals surface area contributed by atoms with Crippen LogP contribution in [0.2, 0.25) is 0 Å². The second-order valence-electron chi connectivity index (χ2n) is 4.70. The van der Waals surface area contributed by atoms with E-state index in [2.05, 4.69) is 5.32 Å². The Kier molecular flexibility index (Phi) is 4.93. The Morgan fingerprint density at radius 1 is 1.24 bits per heavy atom. The summed E-state index contributed by atoms with van der Waals surface area (Å²) in [7, 11) is 0. The summed E-state index contributed by atoms with van der Waals surface area (Å²) < 4.78 is 18.3. The highest BCUT2D eigenvalue weighted by atomic mass is 19.1. The summed E-state index contributed by atoms with van der Waals surface area (Å²) in [5.74, 6) is -0.568. The Hall–Kier alpha value is -2.36. The fourth-order valence-electron chi connectivity index (χ4n) is 2.04. The first-order valence-electron chi connectivity index (χ1n) is 6.87. The van der Waals surface area contributed by atoms with Crippen molar-refractivity contribution in [2.75, 3.05) is 11.9 Å². The van der Waals surface area contributed by atoms with Crippen molar-refractivity contribution in [1.29, 1.82) is 0 Å². The number of hydrogen-bond acceptors (Lipinski definition) is 3. The summed E-state index contributed by atoms with van der Waals surface area (Å²) in [5, 5.41) is 3.19. The summed E-state index contributed by atoms with van der Waals surface area (Å²) in [6.45, 7) is 4.35. The Morgan fingerprint density at radius 3 is 2.71 bits per heavy atom. The Balaban J connectivity index is 2.12. The molecular weight excluding hydrogens is 269 g/mol. The molecule has 2 aromatic rings. The highest BCUT2D eigenvalue weighted by Crippen LogP contribution is 2.18. The fourth-order valence-corrected chi connectivity index (χ4v) is 2.04. The molecule has 0 aliphatic carbocycles. The summed E-state index contributed by atoms with van der Waals surface area (Å²) in [5.41, 5.74) is 2.76. The van der Waals surface area contributed by atoms with Gasteiger partial charge in [0.25, 0.3) is 0 Å². The van der Waals surface area contributed by atoms with Crippen LogP contribution < -0.4 is 5.32 Å². The number of ether oxygens (including phenoxy) is 1. The number of carbonyl (C=O) groups is 1. The minimum absolute atomic E-state index is 0.217. The monoisotopic (exact) mass is 287 g/mol. The molecule has 0 heterocycles. The normalized spacial score (nSPS) is 10.2. The van der Waals surface area contributed by atoms with Gasteiger partial charge in [0.1, 0.15) is 5.82 Å². The smallest absolute Gasteiger partial charge is 0.340 e. The molecule has 21 heavy (non-hydrogen) atoms. The Labute approximate surface area is 123 Å². The molecule has 2 aromatic carbocycles. The van der Waals surface area contributed by atoms with E-state index in [1.807, 2.05) is 12.1 Å². The standard InChI is InChI=1S/C17H18FNO2/c1-3-21-17(20)14-6-4-5-7-16(14)19-11-13-8-9-15(18)12(2)10-13/h4-10,19H,3,11H2,1-2H3. The maximum absolute atomic E-state index is 13.2. The van der Waals surface area contributed by atoms with E-state index >= 15 is 0 Å². The SMILES string of the molecule is CCOC(=O)c1ccccc1NCc1ccc(F)c(C)c1. The van der Waals surface area contributed by atoms with E-state index in [-0.39, 0.29) is 11.8 Å². The van der Waals surface area contributed by atoms with E-state index in [0.717, 1.165) is 5.56 Å². The topological polar surface area (TPSA) is 38.3 Å². The number of benzene rings is 2. The highest BCUT2D eigenvalue weighted by Gasteiger charge is 2.11. The molecule has 0 unspecified atom stereocenters.